The van der Waals surface area contributed by atoms with Crippen molar-refractivity contribution in [3.63, 3.8) is 0 Å². The molecule has 0 saturated carbocycles. The summed E-state index contributed by atoms with van der Waals surface area (Å²) < 4.78 is 14.9. The molecule has 3 aromatic rings. The number of rotatable bonds is 8. The highest BCUT2D eigenvalue weighted by molar-refractivity contribution is 5.81. The van der Waals surface area contributed by atoms with Crippen LogP contribution in [0.25, 0.3) is 22.4 Å². The summed E-state index contributed by atoms with van der Waals surface area (Å²) in [7, 11) is 1.75. The van der Waals surface area contributed by atoms with Crippen LogP contribution in [0, 0.1) is 12.8 Å². The average Bonchev–Trinajstić information content (AvgIpc) is 3.44. The molecule has 1 saturated heterocycles. The molecule has 2 N–H and O–H groups in total. The fraction of sp³-hybridized carbons (Fsp3) is 0.536. The number of imidazole rings is 1. The molecule has 200 valence electrons. The van der Waals surface area contributed by atoms with Crippen LogP contribution in [0.1, 0.15) is 45.2 Å². The number of carbonyl (C=O) groups excluding carboxylic acids is 1. The summed E-state index contributed by atoms with van der Waals surface area (Å²) in [6.07, 6.45) is 1.90. The van der Waals surface area contributed by atoms with E-state index >= 15 is 0 Å². The minimum Gasteiger partial charge on any atom is -0.459 e. The van der Waals surface area contributed by atoms with Crippen LogP contribution in [0.3, 0.4) is 0 Å². The zero-order chi connectivity index (χ0) is 26.9. The summed E-state index contributed by atoms with van der Waals surface area (Å²) >= 11 is 0. The number of hydrogen-bond acceptors (Lipinski definition) is 7. The second-order valence-electron chi connectivity index (χ2n) is 11.1. The zero-order valence-corrected chi connectivity index (χ0v) is 22.6. The Kier molecular flexibility index (Phi) is 7.87. The summed E-state index contributed by atoms with van der Waals surface area (Å²) in [5, 5.41) is 13.4. The van der Waals surface area contributed by atoms with Gasteiger partial charge in [0, 0.05) is 50.0 Å². The first-order valence-corrected chi connectivity index (χ1v) is 12.8. The summed E-state index contributed by atoms with van der Waals surface area (Å²) in [4.78, 5) is 29.9. The van der Waals surface area contributed by atoms with Crippen LogP contribution in [0.5, 0.6) is 0 Å². The highest BCUT2D eigenvalue weighted by Gasteiger charge is 2.29. The molecular formula is C28H38N4O5. The van der Waals surface area contributed by atoms with Gasteiger partial charge < -0.3 is 23.7 Å². The van der Waals surface area contributed by atoms with E-state index in [1.807, 2.05) is 31.3 Å². The quantitative estimate of drug-likeness (QED) is 0.449. The number of pyridine rings is 1. The highest BCUT2D eigenvalue weighted by atomic mass is 16.6. The fourth-order valence-corrected chi connectivity index (χ4v) is 4.71. The molecule has 3 atom stereocenters. The van der Waals surface area contributed by atoms with E-state index in [2.05, 4.69) is 16.0 Å². The molecule has 3 heterocycles. The lowest BCUT2D eigenvalue weighted by Gasteiger charge is -2.26. The van der Waals surface area contributed by atoms with Crippen molar-refractivity contribution >= 4 is 17.0 Å². The topological polar surface area (TPSA) is 108 Å². The van der Waals surface area contributed by atoms with E-state index in [0.29, 0.717) is 24.6 Å². The van der Waals surface area contributed by atoms with Gasteiger partial charge in [-0.3, -0.25) is 14.9 Å². The zero-order valence-electron chi connectivity index (χ0n) is 22.6. The maximum absolute atomic E-state index is 12.6. The molecule has 1 aromatic carbocycles. The van der Waals surface area contributed by atoms with Crippen molar-refractivity contribution in [2.24, 2.45) is 13.0 Å². The smallest absolute Gasteiger partial charge is 0.326 e. The molecule has 0 spiro atoms. The van der Waals surface area contributed by atoms with Crippen LogP contribution in [0.2, 0.25) is 0 Å². The number of aliphatic hydroxyl groups excluding tert-OH is 1. The molecule has 9 nitrogen and oxygen atoms in total. The van der Waals surface area contributed by atoms with Gasteiger partial charge in [0.1, 0.15) is 17.5 Å². The van der Waals surface area contributed by atoms with Gasteiger partial charge in [-0.15, -0.1) is 0 Å². The second kappa shape index (κ2) is 10.8. The third kappa shape index (κ3) is 6.29. The van der Waals surface area contributed by atoms with Crippen LogP contribution in [0.4, 0.5) is 0 Å². The fourth-order valence-electron chi connectivity index (χ4n) is 4.71. The summed E-state index contributed by atoms with van der Waals surface area (Å²) in [6, 6.07) is 7.05. The van der Waals surface area contributed by atoms with E-state index in [-0.39, 0.29) is 5.56 Å². The number of aromatic nitrogens is 3. The maximum atomic E-state index is 12.6. The number of nitrogens with one attached hydrogen (secondary N) is 1. The third-order valence-electron chi connectivity index (χ3n) is 6.57. The van der Waals surface area contributed by atoms with E-state index in [1.54, 1.807) is 39.3 Å². The number of aryl methyl sites for hydroxylation is 2. The summed E-state index contributed by atoms with van der Waals surface area (Å²) in [5.41, 5.74) is 3.65. The van der Waals surface area contributed by atoms with Crippen LogP contribution in [-0.4, -0.2) is 56.2 Å². The van der Waals surface area contributed by atoms with Gasteiger partial charge in [-0.05, 0) is 64.8 Å². The van der Waals surface area contributed by atoms with Crippen molar-refractivity contribution in [2.75, 3.05) is 13.2 Å². The number of hydrogen-bond donors (Lipinski definition) is 2. The predicted molar refractivity (Wildman–Crippen MR) is 142 cm³/mol. The van der Waals surface area contributed by atoms with Crippen molar-refractivity contribution in [3.8, 4) is 11.4 Å². The van der Waals surface area contributed by atoms with Gasteiger partial charge in [-0.1, -0.05) is 6.07 Å². The molecule has 1 fully saturated rings. The number of nitrogens with zero attached hydrogens (tertiary/aromatic N) is 3. The molecule has 1 aliphatic rings. The molecule has 3 unspecified atom stereocenters. The Morgan fingerprint density at radius 1 is 1.32 bits per heavy atom. The number of esters is 1. The third-order valence-corrected chi connectivity index (χ3v) is 6.57. The van der Waals surface area contributed by atoms with Crippen molar-refractivity contribution in [1.82, 2.24) is 19.4 Å². The molecule has 37 heavy (non-hydrogen) atoms. The number of aliphatic hydroxyl groups is 1. The standard InChI is InChI=1S/C28H38N4O5/c1-17-11-21(15-31(6)26(17)34)25-30-22-8-7-19(12-23(22)32(25)14-20-9-10-36-16-20)13-29-24(18(2)33)27(35)37-28(3,4)5/h7-8,11-12,15,18,20,24,29,33H,9-10,13-14,16H2,1-6H3. The number of fused-ring (bicyclic) bond motifs is 1. The van der Waals surface area contributed by atoms with Gasteiger partial charge in [0.15, 0.2) is 0 Å². The van der Waals surface area contributed by atoms with E-state index in [0.717, 1.165) is 47.6 Å². The largest absolute Gasteiger partial charge is 0.459 e. The Morgan fingerprint density at radius 2 is 2.08 bits per heavy atom. The normalized spacial score (nSPS) is 17.8. The molecule has 0 bridgehead atoms. The van der Waals surface area contributed by atoms with Gasteiger partial charge in [-0.2, -0.15) is 0 Å². The van der Waals surface area contributed by atoms with Crippen molar-refractivity contribution < 1.29 is 19.4 Å². The van der Waals surface area contributed by atoms with Gasteiger partial charge >= 0.3 is 5.97 Å². The molecule has 2 aromatic heterocycles. The lowest BCUT2D eigenvalue weighted by molar-refractivity contribution is -0.160. The first-order chi connectivity index (χ1) is 17.4. The molecule has 0 aliphatic carbocycles. The molecule has 0 radical (unpaired) electrons. The minimum absolute atomic E-state index is 0.0263. The van der Waals surface area contributed by atoms with E-state index < -0.39 is 23.7 Å². The number of ether oxygens (including phenoxy) is 2. The lowest BCUT2D eigenvalue weighted by atomic mass is 10.1. The molecule has 4 rings (SSSR count). The van der Waals surface area contributed by atoms with Crippen LogP contribution >= 0.6 is 0 Å². The molecule has 9 heteroatoms. The molecular weight excluding hydrogens is 472 g/mol. The van der Waals surface area contributed by atoms with Crippen molar-refractivity contribution in [3.05, 3.63) is 51.9 Å². The van der Waals surface area contributed by atoms with Gasteiger partial charge in [0.2, 0.25) is 0 Å². The Bertz CT molecular complexity index is 1300. The highest BCUT2D eigenvalue weighted by Crippen LogP contribution is 2.28. The van der Waals surface area contributed by atoms with Gasteiger partial charge in [0.25, 0.3) is 5.56 Å². The minimum atomic E-state index is -0.911. The SMILES string of the molecule is Cc1cc(-c2nc3ccc(CNC(C(=O)OC(C)(C)C)C(C)O)cc3n2CC2CCOC2)cn(C)c1=O. The maximum Gasteiger partial charge on any atom is 0.326 e. The molecule has 1 aliphatic heterocycles. The number of carbonyl (C=O) groups is 1. The monoisotopic (exact) mass is 510 g/mol. The average molecular weight is 511 g/mol. The number of benzene rings is 1. The Hall–Kier alpha value is -3.01. The molecule has 0 amide bonds. The first-order valence-electron chi connectivity index (χ1n) is 12.8. The lowest BCUT2D eigenvalue weighted by Crippen LogP contribution is -2.47. The van der Waals surface area contributed by atoms with Gasteiger partial charge in [-0.25, -0.2) is 4.98 Å². The summed E-state index contributed by atoms with van der Waals surface area (Å²) in [6.45, 7) is 11.4. The van der Waals surface area contributed by atoms with Crippen LogP contribution < -0.4 is 10.9 Å². The van der Waals surface area contributed by atoms with E-state index in [1.165, 1.54) is 0 Å². The Labute approximate surface area is 217 Å². The predicted octanol–water partition coefficient (Wildman–Crippen LogP) is 2.93. The van der Waals surface area contributed by atoms with Crippen LogP contribution in [0.15, 0.2) is 35.3 Å². The van der Waals surface area contributed by atoms with E-state index in [4.69, 9.17) is 14.5 Å². The van der Waals surface area contributed by atoms with Gasteiger partial charge in [0.05, 0.1) is 23.7 Å². The first kappa shape index (κ1) is 27.0. The van der Waals surface area contributed by atoms with Crippen LogP contribution in [-0.2, 0) is 34.4 Å². The summed E-state index contributed by atoms with van der Waals surface area (Å²) in [5.74, 6) is 0.696. The van der Waals surface area contributed by atoms with Crippen molar-refractivity contribution in [1.29, 1.82) is 0 Å². The van der Waals surface area contributed by atoms with Crippen molar-refractivity contribution in [2.45, 2.75) is 71.9 Å². The Morgan fingerprint density at radius 3 is 2.70 bits per heavy atom. The second-order valence-corrected chi connectivity index (χ2v) is 11.1. The Balaban J connectivity index is 1.68. The van der Waals surface area contributed by atoms with E-state index in [9.17, 15) is 14.7 Å².